The molecule has 0 aliphatic heterocycles. The maximum Gasteiger partial charge on any atom is 0.0400 e. The van der Waals surface area contributed by atoms with Gasteiger partial charge >= 0.3 is 0 Å². The second-order valence-electron chi connectivity index (χ2n) is 3.88. The van der Waals surface area contributed by atoms with Crippen LogP contribution < -0.4 is 11.1 Å². The van der Waals surface area contributed by atoms with Gasteiger partial charge in [0, 0.05) is 23.2 Å². The van der Waals surface area contributed by atoms with E-state index in [1.807, 2.05) is 12.1 Å². The molecule has 0 aliphatic carbocycles. The second-order valence-corrected chi connectivity index (χ2v) is 4.80. The van der Waals surface area contributed by atoms with Crippen LogP contribution >= 0.6 is 15.9 Å². The molecule has 2 rings (SSSR count). The molecule has 0 saturated heterocycles. The Balaban J connectivity index is 1.95. The Morgan fingerprint density at radius 2 is 1.47 bits per heavy atom. The molecule has 0 heterocycles. The van der Waals surface area contributed by atoms with Gasteiger partial charge < -0.3 is 11.1 Å². The molecule has 17 heavy (non-hydrogen) atoms. The first kappa shape index (κ1) is 12.1. The average Bonchev–Trinajstić information content (AvgIpc) is 2.39. The van der Waals surface area contributed by atoms with Crippen LogP contribution in [0.4, 0.5) is 5.69 Å². The van der Waals surface area contributed by atoms with Gasteiger partial charge in [0.2, 0.25) is 0 Å². The van der Waals surface area contributed by atoms with Crippen molar-refractivity contribution in [3.05, 3.63) is 64.1 Å². The number of rotatable bonds is 4. The average molecular weight is 291 g/mol. The Morgan fingerprint density at radius 3 is 2.06 bits per heavy atom. The number of halogens is 1. The molecule has 0 unspecified atom stereocenters. The van der Waals surface area contributed by atoms with Gasteiger partial charge in [0.1, 0.15) is 0 Å². The summed E-state index contributed by atoms with van der Waals surface area (Å²) in [5.41, 5.74) is 9.10. The van der Waals surface area contributed by atoms with Crippen molar-refractivity contribution >= 4 is 21.6 Å². The molecule has 0 fully saturated rings. The molecule has 3 heteroatoms. The predicted octanol–water partition coefficient (Wildman–Crippen LogP) is 3.52. The van der Waals surface area contributed by atoms with Gasteiger partial charge in [0.05, 0.1) is 0 Å². The highest BCUT2D eigenvalue weighted by atomic mass is 79.9. The summed E-state index contributed by atoms with van der Waals surface area (Å²) in [6.45, 7) is 1.42. The van der Waals surface area contributed by atoms with Crippen molar-refractivity contribution in [1.29, 1.82) is 0 Å². The fourth-order valence-electron chi connectivity index (χ4n) is 1.57. The van der Waals surface area contributed by atoms with Crippen LogP contribution in [0.2, 0.25) is 0 Å². The first-order valence-electron chi connectivity index (χ1n) is 5.55. The Kier molecular flexibility index (Phi) is 4.18. The highest BCUT2D eigenvalue weighted by Gasteiger charge is 1.95. The van der Waals surface area contributed by atoms with Gasteiger partial charge in [-0.05, 0) is 35.4 Å². The maximum atomic E-state index is 5.56. The summed E-state index contributed by atoms with van der Waals surface area (Å²) in [6, 6.07) is 16.5. The number of nitrogens with one attached hydrogen (secondary N) is 1. The lowest BCUT2D eigenvalue weighted by Crippen LogP contribution is -2.00. The third kappa shape index (κ3) is 3.58. The lowest BCUT2D eigenvalue weighted by Gasteiger charge is -2.07. The Hall–Kier alpha value is -1.32. The van der Waals surface area contributed by atoms with Gasteiger partial charge in [-0.2, -0.15) is 0 Å². The molecule has 0 atom stereocenters. The van der Waals surface area contributed by atoms with Crippen LogP contribution in [0.1, 0.15) is 11.1 Å². The van der Waals surface area contributed by atoms with Crippen LogP contribution in [-0.4, -0.2) is 0 Å². The van der Waals surface area contributed by atoms with Crippen molar-refractivity contribution in [2.24, 2.45) is 5.73 Å². The smallest absolute Gasteiger partial charge is 0.0400 e. The minimum atomic E-state index is 0.598. The van der Waals surface area contributed by atoms with E-state index in [1.165, 1.54) is 5.56 Å². The molecule has 0 spiro atoms. The minimum Gasteiger partial charge on any atom is -0.381 e. The first-order valence-corrected chi connectivity index (χ1v) is 6.34. The third-order valence-electron chi connectivity index (χ3n) is 2.60. The fraction of sp³-hybridized carbons (Fsp3) is 0.143. The van der Waals surface area contributed by atoms with Gasteiger partial charge in [0.15, 0.2) is 0 Å². The van der Waals surface area contributed by atoms with Crippen LogP contribution in [-0.2, 0) is 13.1 Å². The van der Waals surface area contributed by atoms with Gasteiger partial charge in [-0.25, -0.2) is 0 Å². The van der Waals surface area contributed by atoms with Crippen molar-refractivity contribution in [2.45, 2.75) is 13.1 Å². The summed E-state index contributed by atoms with van der Waals surface area (Å²) in [7, 11) is 0. The molecule has 0 aliphatic rings. The van der Waals surface area contributed by atoms with Crippen LogP contribution in [0.3, 0.4) is 0 Å². The van der Waals surface area contributed by atoms with E-state index in [0.29, 0.717) is 6.54 Å². The molecule has 0 radical (unpaired) electrons. The van der Waals surface area contributed by atoms with Gasteiger partial charge in [-0.3, -0.25) is 0 Å². The van der Waals surface area contributed by atoms with E-state index >= 15 is 0 Å². The first-order chi connectivity index (χ1) is 8.28. The summed E-state index contributed by atoms with van der Waals surface area (Å²) in [4.78, 5) is 0. The van der Waals surface area contributed by atoms with E-state index in [2.05, 4.69) is 57.6 Å². The van der Waals surface area contributed by atoms with E-state index in [0.717, 1.165) is 22.3 Å². The molecule has 0 bridgehead atoms. The highest BCUT2D eigenvalue weighted by molar-refractivity contribution is 9.10. The SMILES string of the molecule is NCc1ccc(CNc2ccc(Br)cc2)cc1. The Bertz CT molecular complexity index is 463. The zero-order valence-electron chi connectivity index (χ0n) is 9.49. The van der Waals surface area contributed by atoms with E-state index < -0.39 is 0 Å². The van der Waals surface area contributed by atoms with E-state index in [9.17, 15) is 0 Å². The molecule has 2 nitrogen and oxygen atoms in total. The number of hydrogen-bond acceptors (Lipinski definition) is 2. The number of benzene rings is 2. The lowest BCUT2D eigenvalue weighted by molar-refractivity contribution is 1.06. The molecular weight excluding hydrogens is 276 g/mol. The monoisotopic (exact) mass is 290 g/mol. The zero-order valence-corrected chi connectivity index (χ0v) is 11.1. The summed E-state index contributed by atoms with van der Waals surface area (Å²) < 4.78 is 1.09. The van der Waals surface area contributed by atoms with Crippen LogP contribution in [0, 0.1) is 0 Å². The van der Waals surface area contributed by atoms with E-state index in [1.54, 1.807) is 0 Å². The van der Waals surface area contributed by atoms with Gasteiger partial charge in [0.25, 0.3) is 0 Å². The van der Waals surface area contributed by atoms with Crippen molar-refractivity contribution < 1.29 is 0 Å². The van der Waals surface area contributed by atoms with Crippen molar-refractivity contribution in [1.82, 2.24) is 0 Å². The van der Waals surface area contributed by atoms with Crippen molar-refractivity contribution in [3.63, 3.8) is 0 Å². The minimum absolute atomic E-state index is 0.598. The molecule has 0 saturated carbocycles. The van der Waals surface area contributed by atoms with Gasteiger partial charge in [-0.15, -0.1) is 0 Å². The molecular formula is C14H15BrN2. The molecule has 0 aromatic heterocycles. The van der Waals surface area contributed by atoms with Crippen LogP contribution in [0.5, 0.6) is 0 Å². The van der Waals surface area contributed by atoms with Crippen LogP contribution in [0.25, 0.3) is 0 Å². The topological polar surface area (TPSA) is 38.0 Å². The highest BCUT2D eigenvalue weighted by Crippen LogP contribution is 2.15. The zero-order chi connectivity index (χ0) is 12.1. The van der Waals surface area contributed by atoms with E-state index in [4.69, 9.17) is 5.73 Å². The van der Waals surface area contributed by atoms with Crippen molar-refractivity contribution in [3.8, 4) is 0 Å². The number of anilines is 1. The van der Waals surface area contributed by atoms with Crippen LogP contribution in [0.15, 0.2) is 53.0 Å². The van der Waals surface area contributed by atoms with Crippen molar-refractivity contribution in [2.75, 3.05) is 5.32 Å². The normalized spacial score (nSPS) is 10.2. The fourth-order valence-corrected chi connectivity index (χ4v) is 1.83. The maximum absolute atomic E-state index is 5.56. The van der Waals surface area contributed by atoms with Gasteiger partial charge in [-0.1, -0.05) is 40.2 Å². The molecule has 0 amide bonds. The number of nitrogens with two attached hydrogens (primary N) is 1. The molecule has 3 N–H and O–H groups in total. The quantitative estimate of drug-likeness (QED) is 0.904. The standard InChI is InChI=1S/C14H15BrN2/c15-13-5-7-14(8-6-13)17-10-12-3-1-11(9-16)2-4-12/h1-8,17H,9-10,16H2. The molecule has 2 aromatic carbocycles. The largest absolute Gasteiger partial charge is 0.381 e. The predicted molar refractivity (Wildman–Crippen MR) is 75.8 cm³/mol. The molecule has 88 valence electrons. The second kappa shape index (κ2) is 5.84. The Morgan fingerprint density at radius 1 is 0.882 bits per heavy atom. The lowest BCUT2D eigenvalue weighted by atomic mass is 10.1. The Labute approximate surface area is 110 Å². The molecule has 2 aromatic rings. The summed E-state index contributed by atoms with van der Waals surface area (Å²) >= 11 is 3.42. The summed E-state index contributed by atoms with van der Waals surface area (Å²) in [5, 5.41) is 3.37. The number of hydrogen-bond donors (Lipinski definition) is 2. The third-order valence-corrected chi connectivity index (χ3v) is 3.13. The summed E-state index contributed by atoms with van der Waals surface area (Å²) in [6.07, 6.45) is 0. The van der Waals surface area contributed by atoms with E-state index in [-0.39, 0.29) is 0 Å². The summed E-state index contributed by atoms with van der Waals surface area (Å²) in [5.74, 6) is 0.